The molecular formula is C34H48FN5O5. The quantitative estimate of drug-likeness (QED) is 0.484. The zero-order valence-corrected chi connectivity index (χ0v) is 27.7. The standard InChI is InChI=1S/C34H48FN5O5/c1-23-15-37(27(17-36-12-13-44-21-24(36)2)18-39(23)32(43)45-33(3,4)5)20-31(42)40-22-34(6,7)28-14-30(41)38(19-29(28)40)16-25-8-10-26(35)11-9-25/h8-11,14,19,23-24,27H,12-13,15-18,20-22H2,1-7H3/t23-,24-,27+/m1/s1. The molecule has 0 spiro atoms. The van der Waals surface area contributed by atoms with Crippen molar-refractivity contribution in [3.63, 3.8) is 0 Å². The number of piperazine rings is 1. The van der Waals surface area contributed by atoms with Crippen LogP contribution in [0.5, 0.6) is 0 Å². The average molecular weight is 626 g/mol. The van der Waals surface area contributed by atoms with Gasteiger partial charge < -0.3 is 23.8 Å². The van der Waals surface area contributed by atoms with E-state index in [0.717, 1.165) is 23.4 Å². The molecular weight excluding hydrogens is 577 g/mol. The first-order valence-corrected chi connectivity index (χ1v) is 16.0. The number of morpholine rings is 1. The maximum atomic E-state index is 14.2. The normalized spacial score (nSPS) is 24.0. The minimum Gasteiger partial charge on any atom is -0.444 e. The van der Waals surface area contributed by atoms with Crippen molar-refractivity contribution < 1.29 is 23.5 Å². The molecule has 2 aromatic rings. The predicted octanol–water partition coefficient (Wildman–Crippen LogP) is 3.69. The van der Waals surface area contributed by atoms with Crippen molar-refractivity contribution >= 4 is 17.7 Å². The van der Waals surface area contributed by atoms with E-state index >= 15 is 0 Å². The highest BCUT2D eigenvalue weighted by Gasteiger charge is 2.42. The van der Waals surface area contributed by atoms with Gasteiger partial charge in [0, 0.05) is 68.5 Å². The number of halogens is 1. The summed E-state index contributed by atoms with van der Waals surface area (Å²) in [5.74, 6) is -0.382. The maximum absolute atomic E-state index is 14.2. The number of carbonyl (C=O) groups is 2. The Morgan fingerprint density at radius 2 is 1.78 bits per heavy atom. The van der Waals surface area contributed by atoms with Gasteiger partial charge in [0.25, 0.3) is 5.56 Å². The van der Waals surface area contributed by atoms with Crippen LogP contribution in [0.4, 0.5) is 14.9 Å². The lowest BCUT2D eigenvalue weighted by Gasteiger charge is -2.47. The second kappa shape index (κ2) is 12.8. The first kappa shape index (κ1) is 33.1. The molecule has 2 amide bonds. The highest BCUT2D eigenvalue weighted by Crippen LogP contribution is 2.39. The number of aromatic nitrogens is 1. The van der Waals surface area contributed by atoms with Crippen LogP contribution in [0.2, 0.25) is 0 Å². The molecule has 10 nitrogen and oxygen atoms in total. The number of fused-ring (bicyclic) bond motifs is 1. The summed E-state index contributed by atoms with van der Waals surface area (Å²) in [6, 6.07) is 7.72. The van der Waals surface area contributed by atoms with Crippen molar-refractivity contribution in [1.82, 2.24) is 19.3 Å². The van der Waals surface area contributed by atoms with E-state index in [0.29, 0.717) is 39.4 Å². The third-order valence-electron chi connectivity index (χ3n) is 9.12. The number of benzene rings is 1. The summed E-state index contributed by atoms with van der Waals surface area (Å²) in [5, 5.41) is 0. The maximum Gasteiger partial charge on any atom is 0.410 e. The SMILES string of the molecule is C[C@@H]1COCCN1C[C@H]1CN(C(=O)OC(C)(C)C)[C@H](C)CN1CC(=O)N1CC(C)(C)c2cc(=O)n(Cc3ccc(F)cc3)cc21. The molecule has 5 rings (SSSR count). The number of hydrogen-bond acceptors (Lipinski definition) is 7. The van der Waals surface area contributed by atoms with Gasteiger partial charge in [-0.15, -0.1) is 0 Å². The van der Waals surface area contributed by atoms with Crippen LogP contribution >= 0.6 is 0 Å². The molecule has 3 aliphatic rings. The van der Waals surface area contributed by atoms with Crippen LogP contribution in [0.15, 0.2) is 41.3 Å². The summed E-state index contributed by atoms with van der Waals surface area (Å²) in [6.07, 6.45) is 1.43. The van der Waals surface area contributed by atoms with E-state index < -0.39 is 11.0 Å². The Kier molecular flexibility index (Phi) is 9.45. The van der Waals surface area contributed by atoms with E-state index in [-0.39, 0.29) is 54.6 Å². The van der Waals surface area contributed by atoms with E-state index in [9.17, 15) is 18.8 Å². The second-order valence-electron chi connectivity index (χ2n) is 14.5. The molecule has 1 aromatic carbocycles. The smallest absolute Gasteiger partial charge is 0.410 e. The zero-order valence-electron chi connectivity index (χ0n) is 27.7. The number of amides is 2. The lowest BCUT2D eigenvalue weighted by molar-refractivity contribution is -0.121. The second-order valence-corrected chi connectivity index (χ2v) is 14.5. The van der Waals surface area contributed by atoms with Crippen LogP contribution in [0.3, 0.4) is 0 Å². The highest BCUT2D eigenvalue weighted by atomic mass is 19.1. The third kappa shape index (κ3) is 7.58. The summed E-state index contributed by atoms with van der Waals surface area (Å²) in [5.41, 5.74) is 1.21. The van der Waals surface area contributed by atoms with Crippen molar-refractivity contribution in [3.8, 4) is 0 Å². The van der Waals surface area contributed by atoms with Gasteiger partial charge in [0.2, 0.25) is 5.91 Å². The van der Waals surface area contributed by atoms with E-state index in [1.165, 1.54) is 12.1 Å². The number of carbonyl (C=O) groups excluding carboxylic acids is 2. The van der Waals surface area contributed by atoms with Crippen molar-refractivity contribution in [2.75, 3.05) is 57.4 Å². The number of pyridine rings is 1. The third-order valence-corrected chi connectivity index (χ3v) is 9.12. The first-order valence-electron chi connectivity index (χ1n) is 16.0. The van der Waals surface area contributed by atoms with Gasteiger partial charge in [0.05, 0.1) is 32.0 Å². The van der Waals surface area contributed by atoms with Crippen LogP contribution < -0.4 is 10.5 Å². The molecule has 3 atom stereocenters. The monoisotopic (exact) mass is 625 g/mol. The number of ether oxygens (including phenoxy) is 2. The van der Waals surface area contributed by atoms with Gasteiger partial charge in [-0.05, 0) is 57.9 Å². The fraction of sp³-hybridized carbons (Fsp3) is 0.618. The van der Waals surface area contributed by atoms with Crippen molar-refractivity contribution in [2.45, 2.75) is 84.2 Å². The molecule has 1 aromatic heterocycles. The predicted molar refractivity (Wildman–Crippen MR) is 171 cm³/mol. The summed E-state index contributed by atoms with van der Waals surface area (Å²) < 4.78 is 26.5. The minimum atomic E-state index is -0.606. The van der Waals surface area contributed by atoms with Crippen LogP contribution in [-0.2, 0) is 26.2 Å². The Labute approximate surface area is 265 Å². The lowest BCUT2D eigenvalue weighted by atomic mass is 9.87. The van der Waals surface area contributed by atoms with Crippen LogP contribution in [0, 0.1) is 5.82 Å². The van der Waals surface area contributed by atoms with Crippen molar-refractivity contribution in [2.24, 2.45) is 0 Å². The highest BCUT2D eigenvalue weighted by molar-refractivity contribution is 5.97. The number of anilines is 1. The van der Waals surface area contributed by atoms with Gasteiger partial charge in [-0.1, -0.05) is 26.0 Å². The average Bonchev–Trinajstić information content (AvgIpc) is 3.21. The Morgan fingerprint density at radius 1 is 1.07 bits per heavy atom. The van der Waals surface area contributed by atoms with E-state index in [1.54, 1.807) is 38.8 Å². The molecule has 11 heteroatoms. The molecule has 45 heavy (non-hydrogen) atoms. The van der Waals surface area contributed by atoms with Gasteiger partial charge in [-0.3, -0.25) is 19.4 Å². The molecule has 4 heterocycles. The molecule has 3 aliphatic heterocycles. The molecule has 0 aliphatic carbocycles. The van der Waals surface area contributed by atoms with Gasteiger partial charge >= 0.3 is 6.09 Å². The number of nitrogens with zero attached hydrogens (tertiary/aromatic N) is 5. The number of rotatable bonds is 6. The zero-order chi connectivity index (χ0) is 32.7. The summed E-state index contributed by atoms with van der Waals surface area (Å²) in [6.45, 7) is 18.5. The Balaban J connectivity index is 1.39. The Hall–Kier alpha value is -3.28. The Bertz CT molecular complexity index is 1450. The van der Waals surface area contributed by atoms with E-state index in [2.05, 4.69) is 16.7 Å². The van der Waals surface area contributed by atoms with Crippen LogP contribution in [0.1, 0.15) is 59.6 Å². The number of hydrogen-bond donors (Lipinski definition) is 0. The van der Waals surface area contributed by atoms with E-state index in [1.807, 2.05) is 41.5 Å². The van der Waals surface area contributed by atoms with Gasteiger partial charge in [-0.2, -0.15) is 0 Å². The fourth-order valence-electron chi connectivity index (χ4n) is 6.63. The van der Waals surface area contributed by atoms with Gasteiger partial charge in [0.15, 0.2) is 0 Å². The lowest BCUT2D eigenvalue weighted by Crippen LogP contribution is -2.64. The molecule has 0 bridgehead atoms. The topological polar surface area (TPSA) is 87.6 Å². The fourth-order valence-corrected chi connectivity index (χ4v) is 6.63. The molecule has 0 N–H and O–H groups in total. The summed E-state index contributed by atoms with van der Waals surface area (Å²) >= 11 is 0. The molecule has 2 saturated heterocycles. The van der Waals surface area contributed by atoms with Gasteiger partial charge in [-0.25, -0.2) is 9.18 Å². The largest absolute Gasteiger partial charge is 0.444 e. The van der Waals surface area contributed by atoms with E-state index in [4.69, 9.17) is 9.47 Å². The van der Waals surface area contributed by atoms with Crippen molar-refractivity contribution in [3.05, 3.63) is 63.8 Å². The molecule has 0 unspecified atom stereocenters. The first-order chi connectivity index (χ1) is 21.1. The van der Waals surface area contributed by atoms with Crippen molar-refractivity contribution in [1.29, 1.82) is 0 Å². The molecule has 2 fully saturated rings. The minimum absolute atomic E-state index is 0.0493. The van der Waals surface area contributed by atoms with Crippen LogP contribution in [0.25, 0.3) is 0 Å². The molecule has 246 valence electrons. The Morgan fingerprint density at radius 3 is 2.44 bits per heavy atom. The molecule has 0 saturated carbocycles. The summed E-state index contributed by atoms with van der Waals surface area (Å²) in [4.78, 5) is 48.7. The van der Waals surface area contributed by atoms with Gasteiger partial charge in [0.1, 0.15) is 11.4 Å². The van der Waals surface area contributed by atoms with Crippen LogP contribution in [-0.4, -0.2) is 107 Å². The summed E-state index contributed by atoms with van der Waals surface area (Å²) in [7, 11) is 0. The molecule has 0 radical (unpaired) electrons.